The molecule has 2 aromatic heterocycles. The first kappa shape index (κ1) is 13.1. The number of aryl methyl sites for hydroxylation is 1. The van der Waals surface area contributed by atoms with E-state index in [4.69, 9.17) is 11.6 Å². The molecule has 2 heterocycles. The van der Waals surface area contributed by atoms with Gasteiger partial charge in [0, 0.05) is 28.7 Å². The average Bonchev–Trinajstić information content (AvgIpc) is 3.03. The number of rotatable bonds is 4. The van der Waals surface area contributed by atoms with Crippen molar-refractivity contribution >= 4 is 22.5 Å². The monoisotopic (exact) mass is 290 g/mol. The second-order valence-corrected chi connectivity index (χ2v) is 5.03. The maximum absolute atomic E-state index is 9.47. The highest BCUT2D eigenvalue weighted by Gasteiger charge is 2.11. The Balaban J connectivity index is 2.09. The second kappa shape index (κ2) is 5.26. The predicted octanol–water partition coefficient (Wildman–Crippen LogP) is 2.45. The number of nitrogens with zero attached hydrogens (tertiary/aromatic N) is 4. The van der Waals surface area contributed by atoms with Crippen molar-refractivity contribution in [3.8, 4) is 0 Å². The number of halogens is 1. The van der Waals surface area contributed by atoms with Crippen LogP contribution in [0.4, 0.5) is 0 Å². The lowest BCUT2D eigenvalue weighted by Gasteiger charge is -2.06. The standard InChI is InChI=1S/C14H15ClN4O/c1-2-19-14(16-9-17-19)7-18-6-10(8-20)12-4-3-11(15)5-13(12)18/h3-6,9,20H,2,7-8H2,1H3. The second-order valence-electron chi connectivity index (χ2n) is 4.59. The zero-order valence-electron chi connectivity index (χ0n) is 11.1. The van der Waals surface area contributed by atoms with Gasteiger partial charge in [-0.05, 0) is 19.1 Å². The summed E-state index contributed by atoms with van der Waals surface area (Å²) in [7, 11) is 0. The summed E-state index contributed by atoms with van der Waals surface area (Å²) in [4.78, 5) is 4.28. The highest BCUT2D eigenvalue weighted by Crippen LogP contribution is 2.25. The van der Waals surface area contributed by atoms with Crippen LogP contribution < -0.4 is 0 Å². The normalized spacial score (nSPS) is 11.3. The molecule has 0 unspecified atom stereocenters. The molecule has 104 valence electrons. The highest BCUT2D eigenvalue weighted by molar-refractivity contribution is 6.31. The minimum Gasteiger partial charge on any atom is -0.392 e. The molecule has 0 spiro atoms. The lowest BCUT2D eigenvalue weighted by Crippen LogP contribution is -2.08. The van der Waals surface area contributed by atoms with Gasteiger partial charge in [0.1, 0.15) is 12.2 Å². The Hall–Kier alpha value is -1.85. The van der Waals surface area contributed by atoms with Crippen LogP contribution >= 0.6 is 11.6 Å². The molecule has 0 saturated carbocycles. The van der Waals surface area contributed by atoms with Crippen molar-refractivity contribution in [3.63, 3.8) is 0 Å². The fourth-order valence-electron chi connectivity index (χ4n) is 2.43. The number of aromatic nitrogens is 4. The lowest BCUT2D eigenvalue weighted by atomic mass is 10.2. The Bertz CT molecular complexity index is 747. The molecule has 0 fully saturated rings. The zero-order valence-corrected chi connectivity index (χ0v) is 11.9. The molecule has 0 aliphatic heterocycles. The molecule has 1 aromatic carbocycles. The Morgan fingerprint density at radius 3 is 2.95 bits per heavy atom. The molecule has 0 aliphatic rings. The SMILES string of the molecule is CCn1ncnc1Cn1cc(CO)c2ccc(Cl)cc21. The molecule has 3 rings (SSSR count). The Morgan fingerprint density at radius 2 is 2.20 bits per heavy atom. The van der Waals surface area contributed by atoms with E-state index in [0.29, 0.717) is 11.6 Å². The van der Waals surface area contributed by atoms with E-state index in [-0.39, 0.29) is 6.61 Å². The minimum atomic E-state index is 0.00556. The summed E-state index contributed by atoms with van der Waals surface area (Å²) in [5, 5.41) is 15.3. The quantitative estimate of drug-likeness (QED) is 0.803. The van der Waals surface area contributed by atoms with Crippen LogP contribution in [0.25, 0.3) is 10.9 Å². The molecule has 0 radical (unpaired) electrons. The van der Waals surface area contributed by atoms with Crippen molar-refractivity contribution in [2.75, 3.05) is 0 Å². The van der Waals surface area contributed by atoms with Crippen molar-refractivity contribution in [1.29, 1.82) is 0 Å². The molecule has 0 atom stereocenters. The van der Waals surface area contributed by atoms with Crippen LogP contribution in [0.3, 0.4) is 0 Å². The van der Waals surface area contributed by atoms with Gasteiger partial charge in [0.05, 0.1) is 18.7 Å². The number of aliphatic hydroxyl groups excluding tert-OH is 1. The molecule has 0 aliphatic carbocycles. The van der Waals surface area contributed by atoms with Crippen LogP contribution in [0.5, 0.6) is 0 Å². The zero-order chi connectivity index (χ0) is 14.1. The van der Waals surface area contributed by atoms with E-state index in [1.165, 1.54) is 0 Å². The van der Waals surface area contributed by atoms with Crippen molar-refractivity contribution in [3.05, 3.63) is 47.1 Å². The van der Waals surface area contributed by atoms with Gasteiger partial charge in [-0.2, -0.15) is 5.10 Å². The van der Waals surface area contributed by atoms with Crippen LogP contribution in [0.1, 0.15) is 18.3 Å². The van der Waals surface area contributed by atoms with Crippen LogP contribution in [0, 0.1) is 0 Å². The first-order valence-electron chi connectivity index (χ1n) is 6.47. The molecule has 20 heavy (non-hydrogen) atoms. The summed E-state index contributed by atoms with van der Waals surface area (Å²) in [5.74, 6) is 0.883. The summed E-state index contributed by atoms with van der Waals surface area (Å²) in [6.07, 6.45) is 3.50. The predicted molar refractivity (Wildman–Crippen MR) is 77.7 cm³/mol. The van der Waals surface area contributed by atoms with E-state index >= 15 is 0 Å². The molecule has 5 nitrogen and oxygen atoms in total. The summed E-state index contributed by atoms with van der Waals surface area (Å²) in [6, 6.07) is 5.68. The molecule has 6 heteroatoms. The van der Waals surface area contributed by atoms with Crippen LogP contribution in [0.2, 0.25) is 5.02 Å². The first-order chi connectivity index (χ1) is 9.72. The molecule has 0 bridgehead atoms. The van der Waals surface area contributed by atoms with E-state index in [9.17, 15) is 5.11 Å². The molecular weight excluding hydrogens is 276 g/mol. The smallest absolute Gasteiger partial charge is 0.146 e. The maximum Gasteiger partial charge on any atom is 0.146 e. The highest BCUT2D eigenvalue weighted by atomic mass is 35.5. The van der Waals surface area contributed by atoms with Gasteiger partial charge in [0.2, 0.25) is 0 Å². The van der Waals surface area contributed by atoms with Gasteiger partial charge >= 0.3 is 0 Å². The Morgan fingerprint density at radius 1 is 1.35 bits per heavy atom. The van der Waals surface area contributed by atoms with E-state index in [1.807, 2.05) is 40.6 Å². The van der Waals surface area contributed by atoms with Gasteiger partial charge in [-0.3, -0.25) is 0 Å². The molecule has 3 aromatic rings. The topological polar surface area (TPSA) is 55.9 Å². The molecule has 0 saturated heterocycles. The third kappa shape index (κ3) is 2.19. The van der Waals surface area contributed by atoms with Gasteiger partial charge in [0.15, 0.2) is 0 Å². The molecule has 1 N–H and O–H groups in total. The van der Waals surface area contributed by atoms with Crippen molar-refractivity contribution in [1.82, 2.24) is 19.3 Å². The Labute approximate surface area is 121 Å². The minimum absolute atomic E-state index is 0.00556. The van der Waals surface area contributed by atoms with Crippen LogP contribution in [-0.2, 0) is 19.7 Å². The molecular formula is C14H15ClN4O. The summed E-state index contributed by atoms with van der Waals surface area (Å²) in [6.45, 7) is 3.42. The van der Waals surface area contributed by atoms with Crippen molar-refractivity contribution in [2.45, 2.75) is 26.6 Å². The number of hydrogen-bond acceptors (Lipinski definition) is 3. The maximum atomic E-state index is 9.47. The van der Waals surface area contributed by atoms with E-state index in [0.717, 1.165) is 28.8 Å². The number of fused-ring (bicyclic) bond motifs is 1. The van der Waals surface area contributed by atoms with Crippen LogP contribution in [0.15, 0.2) is 30.7 Å². The van der Waals surface area contributed by atoms with Crippen molar-refractivity contribution in [2.24, 2.45) is 0 Å². The fraction of sp³-hybridized carbons (Fsp3) is 0.286. The van der Waals surface area contributed by atoms with Crippen molar-refractivity contribution < 1.29 is 5.11 Å². The Kier molecular flexibility index (Phi) is 3.46. The van der Waals surface area contributed by atoms with Crippen LogP contribution in [-0.4, -0.2) is 24.4 Å². The third-order valence-electron chi connectivity index (χ3n) is 3.40. The average molecular weight is 291 g/mol. The summed E-state index contributed by atoms with van der Waals surface area (Å²) < 4.78 is 3.90. The summed E-state index contributed by atoms with van der Waals surface area (Å²) in [5.41, 5.74) is 1.88. The van der Waals surface area contributed by atoms with Gasteiger partial charge in [-0.25, -0.2) is 9.67 Å². The van der Waals surface area contributed by atoms with E-state index < -0.39 is 0 Å². The largest absolute Gasteiger partial charge is 0.392 e. The number of hydrogen-bond donors (Lipinski definition) is 1. The first-order valence-corrected chi connectivity index (χ1v) is 6.85. The number of benzene rings is 1. The van der Waals surface area contributed by atoms with Gasteiger partial charge in [0.25, 0.3) is 0 Å². The van der Waals surface area contributed by atoms with Gasteiger partial charge < -0.3 is 9.67 Å². The van der Waals surface area contributed by atoms with E-state index in [2.05, 4.69) is 10.1 Å². The lowest BCUT2D eigenvalue weighted by molar-refractivity contribution is 0.283. The molecule has 0 amide bonds. The van der Waals surface area contributed by atoms with Gasteiger partial charge in [-0.1, -0.05) is 17.7 Å². The van der Waals surface area contributed by atoms with Gasteiger partial charge in [-0.15, -0.1) is 0 Å². The summed E-state index contributed by atoms with van der Waals surface area (Å²) >= 11 is 6.07. The number of aliphatic hydroxyl groups is 1. The fourth-order valence-corrected chi connectivity index (χ4v) is 2.59. The third-order valence-corrected chi connectivity index (χ3v) is 3.64. The van der Waals surface area contributed by atoms with E-state index in [1.54, 1.807) is 6.33 Å².